The molecule has 0 saturated carbocycles. The first-order chi connectivity index (χ1) is 17.4. The third-order valence-corrected chi connectivity index (χ3v) is 6.63. The fourth-order valence-corrected chi connectivity index (χ4v) is 4.95. The van der Waals surface area contributed by atoms with Crippen molar-refractivity contribution in [1.82, 2.24) is 19.5 Å². The molecule has 7 rings (SSSR count). The smallest absolute Gasteiger partial charge is 0.116 e. The summed E-state index contributed by atoms with van der Waals surface area (Å²) in [7, 11) is 0. The molecule has 35 heavy (non-hydrogen) atoms. The predicted molar refractivity (Wildman–Crippen MR) is 143 cm³/mol. The molecule has 0 fully saturated rings. The number of benzene rings is 4. The zero-order valence-corrected chi connectivity index (χ0v) is 18.8. The maximum absolute atomic E-state index is 4.52. The van der Waals surface area contributed by atoms with E-state index in [1.54, 1.807) is 12.5 Å². The fourth-order valence-electron chi connectivity index (χ4n) is 4.95. The summed E-state index contributed by atoms with van der Waals surface area (Å²) in [5.74, 6) is 0. The molecule has 3 aromatic heterocycles. The van der Waals surface area contributed by atoms with Crippen molar-refractivity contribution in [3.63, 3.8) is 0 Å². The molecular weight excluding hydrogens is 428 g/mol. The Kier molecular flexibility index (Phi) is 4.42. The van der Waals surface area contributed by atoms with Crippen LogP contribution in [0.25, 0.3) is 60.8 Å². The SMILES string of the molecule is c1ccc2c(c1)c1ccccc1n2-c1ccc(-c2ccc(-c3ncnc4ccncc34)cc2)cc1. The average molecular weight is 449 g/mol. The second kappa shape index (κ2) is 7.89. The van der Waals surface area contributed by atoms with Gasteiger partial charge in [0.05, 0.1) is 22.2 Å². The lowest BCUT2D eigenvalue weighted by Gasteiger charge is -2.10. The standard InChI is InChI=1S/C31H20N4/c1-3-7-29-25(5-1)26-6-2-4-8-30(26)35(29)24-15-13-22(14-16-24)21-9-11-23(12-10-21)31-27-19-32-18-17-28(27)33-20-34-31/h1-20H. The molecule has 0 saturated heterocycles. The Labute approximate surface area is 202 Å². The molecule has 0 aliphatic carbocycles. The third kappa shape index (κ3) is 3.19. The van der Waals surface area contributed by atoms with Crippen LogP contribution in [0.5, 0.6) is 0 Å². The predicted octanol–water partition coefficient (Wildman–Crippen LogP) is 7.46. The average Bonchev–Trinajstić information content (AvgIpc) is 3.27. The van der Waals surface area contributed by atoms with Crippen LogP contribution in [-0.4, -0.2) is 19.5 Å². The van der Waals surface area contributed by atoms with Crippen LogP contribution in [0.1, 0.15) is 0 Å². The van der Waals surface area contributed by atoms with Crippen molar-refractivity contribution in [1.29, 1.82) is 0 Å². The summed E-state index contributed by atoms with van der Waals surface area (Å²) < 4.78 is 2.34. The number of pyridine rings is 1. The Bertz CT molecular complexity index is 1770. The van der Waals surface area contributed by atoms with Crippen LogP contribution < -0.4 is 0 Å². The summed E-state index contributed by atoms with van der Waals surface area (Å²) >= 11 is 0. The molecule has 0 unspecified atom stereocenters. The summed E-state index contributed by atoms with van der Waals surface area (Å²) in [5, 5.41) is 3.50. The molecule has 0 bridgehead atoms. The summed E-state index contributed by atoms with van der Waals surface area (Å²) in [5.41, 5.74) is 8.79. The monoisotopic (exact) mass is 448 g/mol. The number of hydrogen-bond donors (Lipinski definition) is 0. The van der Waals surface area contributed by atoms with Crippen molar-refractivity contribution in [2.45, 2.75) is 0 Å². The molecule has 0 atom stereocenters. The number of hydrogen-bond acceptors (Lipinski definition) is 3. The van der Waals surface area contributed by atoms with E-state index in [0.717, 1.165) is 27.8 Å². The maximum Gasteiger partial charge on any atom is 0.116 e. The number of nitrogens with zero attached hydrogens (tertiary/aromatic N) is 4. The van der Waals surface area contributed by atoms with Crippen LogP contribution in [0.4, 0.5) is 0 Å². The van der Waals surface area contributed by atoms with E-state index in [4.69, 9.17) is 0 Å². The number of para-hydroxylation sites is 2. The number of fused-ring (bicyclic) bond motifs is 4. The highest BCUT2D eigenvalue weighted by atomic mass is 15.0. The van der Waals surface area contributed by atoms with E-state index < -0.39 is 0 Å². The summed E-state index contributed by atoms with van der Waals surface area (Å²) in [6.07, 6.45) is 5.19. The summed E-state index contributed by atoms with van der Waals surface area (Å²) in [4.78, 5) is 13.1. The second-order valence-electron chi connectivity index (χ2n) is 8.61. The van der Waals surface area contributed by atoms with E-state index in [-0.39, 0.29) is 0 Å². The first kappa shape index (κ1) is 19.6. The number of rotatable bonds is 3. The van der Waals surface area contributed by atoms with Crippen molar-refractivity contribution in [2.75, 3.05) is 0 Å². The van der Waals surface area contributed by atoms with Crippen molar-refractivity contribution < 1.29 is 0 Å². The lowest BCUT2D eigenvalue weighted by Crippen LogP contribution is -1.93. The molecular formula is C31H20N4. The highest BCUT2D eigenvalue weighted by Crippen LogP contribution is 2.33. The highest BCUT2D eigenvalue weighted by Gasteiger charge is 2.12. The van der Waals surface area contributed by atoms with Crippen molar-refractivity contribution >= 4 is 32.7 Å². The molecule has 0 aliphatic rings. The quantitative estimate of drug-likeness (QED) is 0.282. The lowest BCUT2D eigenvalue weighted by molar-refractivity contribution is 1.18. The minimum Gasteiger partial charge on any atom is -0.309 e. The molecule has 0 aliphatic heterocycles. The Morgan fingerprint density at radius 1 is 0.514 bits per heavy atom. The van der Waals surface area contributed by atoms with Gasteiger partial charge in [-0.3, -0.25) is 4.98 Å². The molecule has 4 heteroatoms. The van der Waals surface area contributed by atoms with E-state index in [1.807, 2.05) is 12.3 Å². The topological polar surface area (TPSA) is 43.6 Å². The molecule has 0 radical (unpaired) electrons. The zero-order chi connectivity index (χ0) is 23.2. The molecule has 3 heterocycles. The molecule has 0 spiro atoms. The van der Waals surface area contributed by atoms with Gasteiger partial charge in [-0.05, 0) is 41.5 Å². The summed E-state index contributed by atoms with van der Waals surface area (Å²) in [6, 6.07) is 36.4. The van der Waals surface area contributed by atoms with Gasteiger partial charge in [0.1, 0.15) is 6.33 Å². The second-order valence-corrected chi connectivity index (χ2v) is 8.61. The minimum absolute atomic E-state index is 0.898. The van der Waals surface area contributed by atoms with E-state index in [0.29, 0.717) is 0 Å². The Morgan fingerprint density at radius 3 is 1.80 bits per heavy atom. The molecule has 4 aromatic carbocycles. The van der Waals surface area contributed by atoms with E-state index in [1.165, 1.54) is 32.9 Å². The van der Waals surface area contributed by atoms with Gasteiger partial charge in [0.2, 0.25) is 0 Å². The largest absolute Gasteiger partial charge is 0.309 e. The van der Waals surface area contributed by atoms with Gasteiger partial charge in [-0.1, -0.05) is 72.8 Å². The van der Waals surface area contributed by atoms with Crippen LogP contribution >= 0.6 is 0 Å². The van der Waals surface area contributed by atoms with Gasteiger partial charge in [-0.2, -0.15) is 0 Å². The van der Waals surface area contributed by atoms with Crippen molar-refractivity contribution in [3.05, 3.63) is 122 Å². The van der Waals surface area contributed by atoms with E-state index >= 15 is 0 Å². The maximum atomic E-state index is 4.52. The van der Waals surface area contributed by atoms with Gasteiger partial charge in [0.25, 0.3) is 0 Å². The van der Waals surface area contributed by atoms with Crippen LogP contribution in [0, 0.1) is 0 Å². The molecule has 0 amide bonds. The van der Waals surface area contributed by atoms with Crippen LogP contribution in [0.2, 0.25) is 0 Å². The lowest BCUT2D eigenvalue weighted by atomic mass is 10.0. The Hall–Kier alpha value is -4.83. The van der Waals surface area contributed by atoms with Gasteiger partial charge in [0.15, 0.2) is 0 Å². The Morgan fingerprint density at radius 2 is 1.11 bits per heavy atom. The van der Waals surface area contributed by atoms with Gasteiger partial charge in [-0.15, -0.1) is 0 Å². The molecule has 0 N–H and O–H groups in total. The van der Waals surface area contributed by atoms with E-state index in [9.17, 15) is 0 Å². The highest BCUT2D eigenvalue weighted by molar-refractivity contribution is 6.09. The van der Waals surface area contributed by atoms with Crippen LogP contribution in [0.3, 0.4) is 0 Å². The van der Waals surface area contributed by atoms with E-state index in [2.05, 4.69) is 117 Å². The first-order valence-corrected chi connectivity index (χ1v) is 11.6. The van der Waals surface area contributed by atoms with Gasteiger partial charge in [0, 0.05) is 39.8 Å². The van der Waals surface area contributed by atoms with Crippen LogP contribution in [-0.2, 0) is 0 Å². The molecule has 164 valence electrons. The number of aromatic nitrogens is 4. The van der Waals surface area contributed by atoms with Crippen molar-refractivity contribution in [3.8, 4) is 28.1 Å². The molecule has 7 aromatic rings. The van der Waals surface area contributed by atoms with Gasteiger partial charge in [-0.25, -0.2) is 9.97 Å². The minimum atomic E-state index is 0.898. The molecule has 4 nitrogen and oxygen atoms in total. The fraction of sp³-hybridized carbons (Fsp3) is 0. The first-order valence-electron chi connectivity index (χ1n) is 11.6. The summed E-state index contributed by atoms with van der Waals surface area (Å²) in [6.45, 7) is 0. The Balaban J connectivity index is 1.27. The van der Waals surface area contributed by atoms with Crippen molar-refractivity contribution in [2.24, 2.45) is 0 Å². The van der Waals surface area contributed by atoms with Gasteiger partial charge >= 0.3 is 0 Å². The zero-order valence-electron chi connectivity index (χ0n) is 18.8. The normalized spacial score (nSPS) is 11.4. The van der Waals surface area contributed by atoms with Gasteiger partial charge < -0.3 is 4.57 Å². The van der Waals surface area contributed by atoms with Crippen LogP contribution in [0.15, 0.2) is 122 Å². The third-order valence-electron chi connectivity index (χ3n) is 6.63.